The van der Waals surface area contributed by atoms with Gasteiger partial charge in [0.05, 0.1) is 5.56 Å². The van der Waals surface area contributed by atoms with E-state index in [1.165, 1.54) is 5.69 Å². The Morgan fingerprint density at radius 3 is 2.23 bits per heavy atom. The number of carbonyl (C=O) groups is 2. The fourth-order valence-corrected chi connectivity index (χ4v) is 3.09. The van der Waals surface area contributed by atoms with Crippen molar-refractivity contribution in [1.82, 2.24) is 4.90 Å². The maximum atomic E-state index is 12.7. The van der Waals surface area contributed by atoms with Gasteiger partial charge in [0, 0.05) is 31.9 Å². The Morgan fingerprint density at radius 2 is 1.58 bits per heavy atom. The van der Waals surface area contributed by atoms with Gasteiger partial charge in [0.2, 0.25) is 0 Å². The highest BCUT2D eigenvalue weighted by atomic mass is 16.5. The first kappa shape index (κ1) is 17.8. The van der Waals surface area contributed by atoms with Crippen molar-refractivity contribution in [2.75, 3.05) is 31.1 Å². The van der Waals surface area contributed by atoms with Crippen LogP contribution in [0.2, 0.25) is 0 Å². The molecule has 2 aromatic carbocycles. The van der Waals surface area contributed by atoms with Crippen molar-refractivity contribution in [3.63, 3.8) is 0 Å². The van der Waals surface area contributed by atoms with Crippen LogP contribution in [0.3, 0.4) is 0 Å². The van der Waals surface area contributed by atoms with E-state index in [0.717, 1.165) is 13.1 Å². The summed E-state index contributed by atoms with van der Waals surface area (Å²) in [6.45, 7) is 4.53. The van der Waals surface area contributed by atoms with Crippen LogP contribution >= 0.6 is 0 Å². The number of anilines is 1. The SMILES string of the molecule is CC(Oc1ccccc1C(N)=O)C(=O)N1CCN(c2ccccc2)CC1. The van der Waals surface area contributed by atoms with Crippen LogP contribution < -0.4 is 15.4 Å². The summed E-state index contributed by atoms with van der Waals surface area (Å²) in [5, 5.41) is 0. The molecule has 2 aromatic rings. The Hall–Kier alpha value is -3.02. The minimum absolute atomic E-state index is 0.0861. The van der Waals surface area contributed by atoms with Gasteiger partial charge in [0.25, 0.3) is 11.8 Å². The van der Waals surface area contributed by atoms with Crippen molar-refractivity contribution in [3.8, 4) is 5.75 Å². The average molecular weight is 353 g/mol. The summed E-state index contributed by atoms with van der Waals surface area (Å²) in [5.74, 6) is -0.322. The van der Waals surface area contributed by atoms with Crippen molar-refractivity contribution < 1.29 is 14.3 Å². The number of amides is 2. The van der Waals surface area contributed by atoms with E-state index in [4.69, 9.17) is 10.5 Å². The zero-order valence-corrected chi connectivity index (χ0v) is 14.8. The van der Waals surface area contributed by atoms with Crippen LogP contribution in [0, 0.1) is 0 Å². The molecule has 0 aromatic heterocycles. The minimum atomic E-state index is -0.682. The van der Waals surface area contributed by atoms with Crippen LogP contribution in [0.25, 0.3) is 0 Å². The first-order valence-corrected chi connectivity index (χ1v) is 8.70. The zero-order chi connectivity index (χ0) is 18.5. The molecular weight excluding hydrogens is 330 g/mol. The van der Waals surface area contributed by atoms with Gasteiger partial charge in [-0.15, -0.1) is 0 Å². The van der Waals surface area contributed by atoms with E-state index in [1.54, 1.807) is 36.1 Å². The first-order chi connectivity index (χ1) is 12.6. The summed E-state index contributed by atoms with van der Waals surface area (Å²) in [7, 11) is 0. The van der Waals surface area contributed by atoms with E-state index in [9.17, 15) is 9.59 Å². The van der Waals surface area contributed by atoms with Gasteiger partial charge in [-0.05, 0) is 31.2 Å². The van der Waals surface area contributed by atoms with E-state index >= 15 is 0 Å². The molecule has 0 spiro atoms. The van der Waals surface area contributed by atoms with Crippen LogP contribution in [-0.2, 0) is 4.79 Å². The molecule has 6 nitrogen and oxygen atoms in total. The average Bonchev–Trinajstić information content (AvgIpc) is 2.68. The third-order valence-electron chi connectivity index (χ3n) is 4.52. The van der Waals surface area contributed by atoms with Gasteiger partial charge in [-0.3, -0.25) is 9.59 Å². The largest absolute Gasteiger partial charge is 0.480 e. The van der Waals surface area contributed by atoms with Gasteiger partial charge in [0.1, 0.15) is 5.75 Å². The number of nitrogens with zero attached hydrogens (tertiary/aromatic N) is 2. The third-order valence-corrected chi connectivity index (χ3v) is 4.52. The Morgan fingerprint density at radius 1 is 0.962 bits per heavy atom. The first-order valence-electron chi connectivity index (χ1n) is 8.70. The van der Waals surface area contributed by atoms with E-state index < -0.39 is 12.0 Å². The normalized spacial score (nSPS) is 15.4. The maximum absolute atomic E-state index is 12.7. The van der Waals surface area contributed by atoms with E-state index in [0.29, 0.717) is 18.8 Å². The van der Waals surface area contributed by atoms with E-state index in [1.807, 2.05) is 18.2 Å². The lowest BCUT2D eigenvalue weighted by molar-refractivity contribution is -0.138. The Labute approximate surface area is 153 Å². The summed E-state index contributed by atoms with van der Waals surface area (Å²) in [5.41, 5.74) is 6.80. The summed E-state index contributed by atoms with van der Waals surface area (Å²) >= 11 is 0. The summed E-state index contributed by atoms with van der Waals surface area (Å²) < 4.78 is 5.73. The number of para-hydroxylation sites is 2. The van der Waals surface area contributed by atoms with Crippen molar-refractivity contribution in [3.05, 3.63) is 60.2 Å². The molecule has 1 unspecified atom stereocenters. The van der Waals surface area contributed by atoms with Crippen LogP contribution in [0.15, 0.2) is 54.6 Å². The number of nitrogens with two attached hydrogens (primary N) is 1. The van der Waals surface area contributed by atoms with Crippen LogP contribution in [-0.4, -0.2) is 49.0 Å². The van der Waals surface area contributed by atoms with Crippen molar-refractivity contribution in [2.24, 2.45) is 5.73 Å². The Kier molecular flexibility index (Phi) is 5.41. The highest BCUT2D eigenvalue weighted by Gasteiger charge is 2.26. The quantitative estimate of drug-likeness (QED) is 0.891. The topological polar surface area (TPSA) is 75.9 Å². The number of hydrogen-bond donors (Lipinski definition) is 1. The predicted molar refractivity (Wildman–Crippen MR) is 100 cm³/mol. The number of benzene rings is 2. The highest BCUT2D eigenvalue weighted by molar-refractivity contribution is 5.95. The van der Waals surface area contributed by atoms with Crippen LogP contribution in [0.5, 0.6) is 5.75 Å². The van der Waals surface area contributed by atoms with Gasteiger partial charge in [-0.25, -0.2) is 0 Å². The van der Waals surface area contributed by atoms with Crippen LogP contribution in [0.1, 0.15) is 17.3 Å². The monoisotopic (exact) mass is 353 g/mol. The molecule has 1 aliphatic rings. The van der Waals surface area contributed by atoms with Gasteiger partial charge in [-0.2, -0.15) is 0 Å². The smallest absolute Gasteiger partial charge is 0.263 e. The van der Waals surface area contributed by atoms with Gasteiger partial charge >= 0.3 is 0 Å². The summed E-state index contributed by atoms with van der Waals surface area (Å²) in [6.07, 6.45) is -0.682. The molecule has 0 saturated carbocycles. The molecule has 0 bridgehead atoms. The zero-order valence-electron chi connectivity index (χ0n) is 14.8. The molecule has 3 rings (SSSR count). The van der Waals surface area contributed by atoms with E-state index in [-0.39, 0.29) is 11.5 Å². The number of ether oxygens (including phenoxy) is 1. The lowest BCUT2D eigenvalue weighted by atomic mass is 10.2. The molecule has 1 aliphatic heterocycles. The molecule has 2 amide bonds. The molecule has 6 heteroatoms. The molecule has 1 heterocycles. The predicted octanol–water partition coefficient (Wildman–Crippen LogP) is 1.90. The van der Waals surface area contributed by atoms with Gasteiger partial charge < -0.3 is 20.3 Å². The minimum Gasteiger partial charge on any atom is -0.480 e. The molecule has 26 heavy (non-hydrogen) atoms. The van der Waals surface area contributed by atoms with Crippen molar-refractivity contribution in [2.45, 2.75) is 13.0 Å². The molecule has 136 valence electrons. The molecule has 1 atom stereocenters. The van der Waals surface area contributed by atoms with Crippen molar-refractivity contribution in [1.29, 1.82) is 0 Å². The number of carbonyl (C=O) groups excluding carboxylic acids is 2. The van der Waals surface area contributed by atoms with Crippen LogP contribution in [0.4, 0.5) is 5.69 Å². The molecule has 1 saturated heterocycles. The number of rotatable bonds is 5. The molecule has 1 fully saturated rings. The Balaban J connectivity index is 1.59. The van der Waals surface area contributed by atoms with Gasteiger partial charge in [0.15, 0.2) is 6.10 Å². The standard InChI is InChI=1S/C20H23N3O3/c1-15(26-18-10-6-5-9-17(18)19(21)24)20(25)23-13-11-22(12-14-23)16-7-3-2-4-8-16/h2-10,15H,11-14H2,1H3,(H2,21,24). The fraction of sp³-hybridized carbons (Fsp3) is 0.300. The second-order valence-corrected chi connectivity index (χ2v) is 6.27. The van der Waals surface area contributed by atoms with Crippen molar-refractivity contribution >= 4 is 17.5 Å². The summed E-state index contributed by atoms with van der Waals surface area (Å²) in [6, 6.07) is 16.9. The fourth-order valence-electron chi connectivity index (χ4n) is 3.09. The second-order valence-electron chi connectivity index (χ2n) is 6.27. The lowest BCUT2D eigenvalue weighted by Crippen LogP contribution is -2.52. The third kappa shape index (κ3) is 3.96. The molecule has 0 radical (unpaired) electrons. The Bertz CT molecular complexity index is 771. The maximum Gasteiger partial charge on any atom is 0.263 e. The summed E-state index contributed by atoms with van der Waals surface area (Å²) in [4.78, 5) is 28.2. The number of piperazine rings is 1. The van der Waals surface area contributed by atoms with Gasteiger partial charge in [-0.1, -0.05) is 30.3 Å². The molecular formula is C20H23N3O3. The molecule has 0 aliphatic carbocycles. The number of primary amides is 1. The second kappa shape index (κ2) is 7.91. The molecule has 2 N–H and O–H groups in total. The van der Waals surface area contributed by atoms with E-state index in [2.05, 4.69) is 17.0 Å². The number of hydrogen-bond acceptors (Lipinski definition) is 4. The lowest BCUT2D eigenvalue weighted by Gasteiger charge is -2.37. The highest BCUT2D eigenvalue weighted by Crippen LogP contribution is 2.20.